The largest absolute Gasteiger partial charge is 0.451 e. The molecule has 114 valence electrons. The van der Waals surface area contributed by atoms with E-state index in [9.17, 15) is 4.79 Å². The van der Waals surface area contributed by atoms with E-state index < -0.39 is 0 Å². The summed E-state index contributed by atoms with van der Waals surface area (Å²) in [6.45, 7) is 1.89. The van der Waals surface area contributed by atoms with Crippen LogP contribution in [0.15, 0.2) is 59.0 Å². The minimum absolute atomic E-state index is 0.247. The van der Waals surface area contributed by atoms with Crippen molar-refractivity contribution in [1.82, 2.24) is 15.3 Å². The van der Waals surface area contributed by atoms with E-state index >= 15 is 0 Å². The number of para-hydroxylation sites is 3. The van der Waals surface area contributed by atoms with Gasteiger partial charge in [0.25, 0.3) is 5.91 Å². The summed E-state index contributed by atoms with van der Waals surface area (Å²) in [4.78, 5) is 20.1. The summed E-state index contributed by atoms with van der Waals surface area (Å²) < 4.78 is 5.58. The van der Waals surface area contributed by atoms with Crippen LogP contribution in [0.5, 0.6) is 0 Å². The molecular formula is C18H15N3O2. The fourth-order valence-electron chi connectivity index (χ4n) is 2.61. The number of imidazole rings is 1. The molecule has 0 aliphatic carbocycles. The zero-order valence-corrected chi connectivity index (χ0v) is 12.5. The Bertz CT molecular complexity index is 934. The minimum atomic E-state index is -0.255. The number of furan rings is 1. The van der Waals surface area contributed by atoms with Crippen molar-refractivity contribution in [2.75, 3.05) is 0 Å². The van der Waals surface area contributed by atoms with Crippen molar-refractivity contribution in [2.45, 2.75) is 13.0 Å². The number of rotatable bonds is 3. The number of benzene rings is 2. The van der Waals surface area contributed by atoms with E-state index in [1.807, 2.05) is 55.5 Å². The van der Waals surface area contributed by atoms with Gasteiger partial charge in [-0.25, -0.2) is 4.98 Å². The van der Waals surface area contributed by atoms with Gasteiger partial charge in [-0.2, -0.15) is 0 Å². The average Bonchev–Trinajstić information content (AvgIpc) is 3.18. The number of nitrogens with one attached hydrogen (secondary N) is 2. The molecule has 0 spiro atoms. The molecule has 0 aliphatic rings. The van der Waals surface area contributed by atoms with Crippen molar-refractivity contribution in [3.8, 4) is 0 Å². The fourth-order valence-corrected chi connectivity index (χ4v) is 2.61. The predicted octanol–water partition coefficient (Wildman–Crippen LogP) is 3.80. The topological polar surface area (TPSA) is 70.9 Å². The second-order valence-electron chi connectivity index (χ2n) is 5.48. The molecule has 2 N–H and O–H groups in total. The second-order valence-corrected chi connectivity index (χ2v) is 5.48. The molecule has 5 nitrogen and oxygen atoms in total. The number of carbonyl (C=O) groups excluding carboxylic acids is 1. The van der Waals surface area contributed by atoms with Crippen LogP contribution in [0, 0.1) is 0 Å². The van der Waals surface area contributed by atoms with Crippen molar-refractivity contribution in [3.63, 3.8) is 0 Å². The fraction of sp³-hybridized carbons (Fsp3) is 0.111. The number of fused-ring (bicyclic) bond motifs is 2. The Kier molecular flexibility index (Phi) is 3.12. The maximum absolute atomic E-state index is 12.4. The first kappa shape index (κ1) is 13.6. The minimum Gasteiger partial charge on any atom is -0.451 e. The Morgan fingerprint density at radius 3 is 2.78 bits per heavy atom. The van der Waals surface area contributed by atoms with Gasteiger partial charge in [0, 0.05) is 5.39 Å². The van der Waals surface area contributed by atoms with Crippen molar-refractivity contribution >= 4 is 27.9 Å². The molecule has 0 aliphatic heterocycles. The molecule has 0 fully saturated rings. The number of hydrogen-bond donors (Lipinski definition) is 2. The molecule has 23 heavy (non-hydrogen) atoms. The van der Waals surface area contributed by atoms with E-state index in [0.717, 1.165) is 22.2 Å². The van der Waals surface area contributed by atoms with Gasteiger partial charge in [0.15, 0.2) is 5.76 Å². The first-order chi connectivity index (χ1) is 11.2. The van der Waals surface area contributed by atoms with Gasteiger partial charge < -0.3 is 14.7 Å². The highest BCUT2D eigenvalue weighted by atomic mass is 16.3. The van der Waals surface area contributed by atoms with Gasteiger partial charge in [-0.1, -0.05) is 30.3 Å². The molecule has 5 heteroatoms. The summed E-state index contributed by atoms with van der Waals surface area (Å²) in [6, 6.07) is 16.8. The number of nitrogens with zero attached hydrogens (tertiary/aromatic N) is 1. The molecule has 4 aromatic rings. The standard InChI is InChI=1S/C18H15N3O2/c1-11(17-20-13-7-3-4-8-14(13)21-17)19-18(22)16-10-12-6-2-5-9-15(12)23-16/h2-11H,1H3,(H,19,22)(H,20,21). The molecule has 0 radical (unpaired) electrons. The number of amides is 1. The highest BCUT2D eigenvalue weighted by molar-refractivity contribution is 5.96. The zero-order chi connectivity index (χ0) is 15.8. The van der Waals surface area contributed by atoms with E-state index in [0.29, 0.717) is 11.3 Å². The number of aromatic amines is 1. The highest BCUT2D eigenvalue weighted by Crippen LogP contribution is 2.20. The predicted molar refractivity (Wildman–Crippen MR) is 88.2 cm³/mol. The maximum atomic E-state index is 12.4. The Hall–Kier alpha value is -3.08. The van der Waals surface area contributed by atoms with Gasteiger partial charge in [0.2, 0.25) is 0 Å². The number of hydrogen-bond acceptors (Lipinski definition) is 3. The second kappa shape index (κ2) is 5.28. The summed E-state index contributed by atoms with van der Waals surface area (Å²) in [6.07, 6.45) is 0. The van der Waals surface area contributed by atoms with Crippen LogP contribution in [0.2, 0.25) is 0 Å². The summed E-state index contributed by atoms with van der Waals surface area (Å²) >= 11 is 0. The van der Waals surface area contributed by atoms with E-state index in [2.05, 4.69) is 15.3 Å². The lowest BCUT2D eigenvalue weighted by atomic mass is 10.2. The molecule has 2 aromatic heterocycles. The SMILES string of the molecule is CC(NC(=O)c1cc2ccccc2o1)c1nc2ccccc2[nH]1. The lowest BCUT2D eigenvalue weighted by Crippen LogP contribution is -2.26. The van der Waals surface area contributed by atoms with E-state index in [-0.39, 0.29) is 11.9 Å². The molecule has 1 amide bonds. The molecular weight excluding hydrogens is 290 g/mol. The monoisotopic (exact) mass is 305 g/mol. The van der Waals surface area contributed by atoms with Crippen molar-refractivity contribution in [2.24, 2.45) is 0 Å². The molecule has 0 saturated carbocycles. The third-order valence-electron chi connectivity index (χ3n) is 3.81. The van der Waals surface area contributed by atoms with Gasteiger partial charge in [-0.05, 0) is 31.2 Å². The number of carbonyl (C=O) groups is 1. The molecule has 2 heterocycles. The summed E-state index contributed by atoms with van der Waals surface area (Å²) in [5.74, 6) is 0.763. The van der Waals surface area contributed by atoms with E-state index in [1.165, 1.54) is 0 Å². The van der Waals surface area contributed by atoms with Crippen LogP contribution in [0.25, 0.3) is 22.0 Å². The Labute approximate surface area is 132 Å². The van der Waals surface area contributed by atoms with Crippen molar-refractivity contribution < 1.29 is 9.21 Å². The first-order valence-corrected chi connectivity index (χ1v) is 7.45. The Morgan fingerprint density at radius 1 is 1.17 bits per heavy atom. The molecule has 1 unspecified atom stereocenters. The first-order valence-electron chi connectivity index (χ1n) is 7.45. The number of aromatic nitrogens is 2. The van der Waals surface area contributed by atoms with Gasteiger partial charge in [0.05, 0.1) is 17.1 Å². The molecule has 1 atom stereocenters. The van der Waals surface area contributed by atoms with Gasteiger partial charge >= 0.3 is 0 Å². The average molecular weight is 305 g/mol. The molecule has 4 rings (SSSR count). The zero-order valence-electron chi connectivity index (χ0n) is 12.5. The Morgan fingerprint density at radius 2 is 1.96 bits per heavy atom. The highest BCUT2D eigenvalue weighted by Gasteiger charge is 2.17. The third kappa shape index (κ3) is 2.46. The number of H-pyrrole nitrogens is 1. The lowest BCUT2D eigenvalue weighted by molar-refractivity contribution is 0.0912. The van der Waals surface area contributed by atoms with Gasteiger partial charge in [-0.15, -0.1) is 0 Å². The van der Waals surface area contributed by atoms with Crippen molar-refractivity contribution in [1.29, 1.82) is 0 Å². The van der Waals surface area contributed by atoms with Gasteiger partial charge in [-0.3, -0.25) is 4.79 Å². The van der Waals surface area contributed by atoms with Crippen LogP contribution < -0.4 is 5.32 Å². The van der Waals surface area contributed by atoms with Crippen LogP contribution >= 0.6 is 0 Å². The third-order valence-corrected chi connectivity index (χ3v) is 3.81. The van der Waals surface area contributed by atoms with Crippen LogP contribution in [0.1, 0.15) is 29.3 Å². The van der Waals surface area contributed by atoms with Crippen LogP contribution in [-0.2, 0) is 0 Å². The van der Waals surface area contributed by atoms with Gasteiger partial charge in [0.1, 0.15) is 11.4 Å². The Balaban J connectivity index is 1.57. The summed E-state index contributed by atoms with van der Waals surface area (Å²) in [5.41, 5.74) is 2.54. The maximum Gasteiger partial charge on any atom is 0.287 e. The lowest BCUT2D eigenvalue weighted by Gasteiger charge is -2.09. The van der Waals surface area contributed by atoms with Crippen molar-refractivity contribution in [3.05, 3.63) is 66.2 Å². The van der Waals surface area contributed by atoms with E-state index in [1.54, 1.807) is 6.07 Å². The van der Waals surface area contributed by atoms with Crippen LogP contribution in [-0.4, -0.2) is 15.9 Å². The summed E-state index contributed by atoms with van der Waals surface area (Å²) in [7, 11) is 0. The van der Waals surface area contributed by atoms with Crippen LogP contribution in [0.3, 0.4) is 0 Å². The summed E-state index contributed by atoms with van der Waals surface area (Å²) in [5, 5.41) is 3.82. The smallest absolute Gasteiger partial charge is 0.287 e. The van der Waals surface area contributed by atoms with E-state index in [4.69, 9.17) is 4.42 Å². The normalized spacial score (nSPS) is 12.6. The molecule has 0 bridgehead atoms. The van der Waals surface area contributed by atoms with Crippen LogP contribution in [0.4, 0.5) is 0 Å². The molecule has 2 aromatic carbocycles. The quantitative estimate of drug-likeness (QED) is 0.605. The molecule has 0 saturated heterocycles.